The summed E-state index contributed by atoms with van der Waals surface area (Å²) in [6, 6.07) is 16.2. The fourth-order valence-electron chi connectivity index (χ4n) is 2.58. The largest absolute Gasteiger partial charge is 0.424 e. The number of benzene rings is 2. The molecule has 0 fully saturated rings. The van der Waals surface area contributed by atoms with Crippen LogP contribution in [0.2, 0.25) is 0 Å². The molecule has 0 aliphatic carbocycles. The van der Waals surface area contributed by atoms with Gasteiger partial charge in [-0.3, -0.25) is 9.59 Å². The summed E-state index contributed by atoms with van der Waals surface area (Å²) in [6.45, 7) is 3.48. The number of ether oxygens (including phenoxy) is 2. The molecule has 0 aromatic heterocycles. The number of rotatable bonds is 7. The molecule has 0 bridgehead atoms. The van der Waals surface area contributed by atoms with E-state index in [1.54, 1.807) is 38.1 Å². The Bertz CT molecular complexity index is 829. The summed E-state index contributed by atoms with van der Waals surface area (Å²) >= 11 is 3.33. The summed E-state index contributed by atoms with van der Waals surface area (Å²) in [6.07, 6.45) is 1.99. The van der Waals surface area contributed by atoms with Gasteiger partial charge in [0.05, 0.1) is 4.47 Å². The number of hydrogen-bond donors (Lipinski definition) is 1. The minimum Gasteiger partial charge on any atom is -0.424 e. The minimum atomic E-state index is -1.44. The summed E-state index contributed by atoms with van der Waals surface area (Å²) < 4.78 is 11.4. The lowest BCUT2D eigenvalue weighted by atomic mass is 9.82. The molecular formula is C21H22BrNO4. The molecule has 142 valence electrons. The quantitative estimate of drug-likeness (QED) is 0.298. The van der Waals surface area contributed by atoms with Gasteiger partial charge in [-0.1, -0.05) is 56.3 Å². The molecule has 0 heterocycles. The molecule has 0 unspecified atom stereocenters. The van der Waals surface area contributed by atoms with Gasteiger partial charge >= 0.3 is 11.9 Å². The Labute approximate surface area is 167 Å². The second-order valence-electron chi connectivity index (χ2n) is 5.96. The van der Waals surface area contributed by atoms with E-state index in [0.717, 1.165) is 5.56 Å². The van der Waals surface area contributed by atoms with Gasteiger partial charge in [-0.25, -0.2) is 0 Å². The Kier molecular flexibility index (Phi) is 7.19. The molecule has 0 radical (unpaired) electrons. The topological polar surface area (TPSA) is 78.6 Å². The fourth-order valence-corrected chi connectivity index (χ4v) is 2.95. The first kappa shape index (κ1) is 20.7. The molecule has 0 atom stereocenters. The van der Waals surface area contributed by atoms with E-state index in [1.807, 2.05) is 30.3 Å². The molecule has 0 saturated heterocycles. The number of nitrogens with two attached hydrogens (primary N) is 1. The highest BCUT2D eigenvalue weighted by molar-refractivity contribution is 9.10. The Morgan fingerprint density at radius 3 is 2.19 bits per heavy atom. The molecule has 0 saturated carbocycles. The van der Waals surface area contributed by atoms with Gasteiger partial charge in [-0.15, -0.1) is 0 Å². The van der Waals surface area contributed by atoms with Crippen LogP contribution in [0.3, 0.4) is 0 Å². The van der Waals surface area contributed by atoms with Crippen molar-refractivity contribution >= 4 is 33.9 Å². The maximum Gasteiger partial charge on any atom is 0.330 e. The van der Waals surface area contributed by atoms with Gasteiger partial charge < -0.3 is 15.2 Å². The van der Waals surface area contributed by atoms with Crippen molar-refractivity contribution in [3.05, 3.63) is 70.5 Å². The lowest BCUT2D eigenvalue weighted by Crippen LogP contribution is -2.42. The molecule has 5 nitrogen and oxygen atoms in total. The van der Waals surface area contributed by atoms with E-state index in [0.29, 0.717) is 10.2 Å². The van der Waals surface area contributed by atoms with Crippen LogP contribution in [0.25, 0.3) is 6.08 Å². The zero-order valence-electron chi connectivity index (χ0n) is 15.3. The highest BCUT2D eigenvalue weighted by atomic mass is 79.9. The first-order chi connectivity index (χ1) is 12.9. The van der Waals surface area contributed by atoms with E-state index in [-0.39, 0.29) is 18.7 Å². The zero-order valence-corrected chi connectivity index (χ0v) is 16.9. The lowest BCUT2D eigenvalue weighted by molar-refractivity contribution is -0.165. The lowest BCUT2D eigenvalue weighted by Gasteiger charge is -2.26. The molecular weight excluding hydrogens is 410 g/mol. The van der Waals surface area contributed by atoms with E-state index in [1.165, 1.54) is 6.08 Å². The van der Waals surface area contributed by atoms with Crippen LogP contribution in [-0.2, 0) is 14.3 Å². The van der Waals surface area contributed by atoms with Crippen LogP contribution in [0.15, 0.2) is 65.0 Å². The fraction of sp³-hybridized carbons (Fsp3) is 0.238. The van der Waals surface area contributed by atoms with Crippen LogP contribution < -0.4 is 10.5 Å². The molecule has 27 heavy (non-hydrogen) atoms. The molecule has 0 amide bonds. The van der Waals surface area contributed by atoms with Gasteiger partial charge in [-0.2, -0.15) is 0 Å². The average molecular weight is 432 g/mol. The van der Waals surface area contributed by atoms with Crippen molar-refractivity contribution < 1.29 is 19.1 Å². The summed E-state index contributed by atoms with van der Waals surface area (Å²) in [4.78, 5) is 25.6. The third-order valence-electron chi connectivity index (χ3n) is 4.35. The van der Waals surface area contributed by atoms with Crippen LogP contribution in [0.1, 0.15) is 32.3 Å². The first-order valence-electron chi connectivity index (χ1n) is 8.64. The number of carbonyl (C=O) groups excluding carboxylic acids is 2. The van der Waals surface area contributed by atoms with Crippen molar-refractivity contribution in [3.63, 3.8) is 0 Å². The van der Waals surface area contributed by atoms with Crippen LogP contribution in [0, 0.1) is 5.41 Å². The Morgan fingerprint density at radius 1 is 1.00 bits per heavy atom. The predicted molar refractivity (Wildman–Crippen MR) is 107 cm³/mol. The Morgan fingerprint density at radius 2 is 1.59 bits per heavy atom. The summed E-state index contributed by atoms with van der Waals surface area (Å²) in [5.41, 5.74) is 5.20. The van der Waals surface area contributed by atoms with Crippen LogP contribution in [-0.4, -0.2) is 11.9 Å². The van der Waals surface area contributed by atoms with Crippen molar-refractivity contribution in [1.82, 2.24) is 0 Å². The molecule has 2 rings (SSSR count). The van der Waals surface area contributed by atoms with Crippen molar-refractivity contribution in [1.29, 1.82) is 0 Å². The monoisotopic (exact) mass is 431 g/mol. The van der Waals surface area contributed by atoms with Gasteiger partial charge in [0.25, 0.3) is 0 Å². The maximum absolute atomic E-state index is 12.8. The van der Waals surface area contributed by atoms with E-state index < -0.39 is 17.4 Å². The smallest absolute Gasteiger partial charge is 0.330 e. The van der Waals surface area contributed by atoms with Crippen molar-refractivity contribution in [3.8, 4) is 5.75 Å². The Balaban J connectivity index is 2.21. The highest BCUT2D eigenvalue weighted by Crippen LogP contribution is 2.33. The number of carbonyl (C=O) groups is 2. The van der Waals surface area contributed by atoms with Crippen molar-refractivity contribution in [2.24, 2.45) is 11.1 Å². The second kappa shape index (κ2) is 9.37. The molecule has 0 spiro atoms. The summed E-state index contributed by atoms with van der Waals surface area (Å²) in [5.74, 6) is -1.13. The van der Waals surface area contributed by atoms with E-state index in [9.17, 15) is 9.59 Å². The van der Waals surface area contributed by atoms with Gasteiger partial charge in [0.1, 0.15) is 5.75 Å². The third-order valence-corrected chi connectivity index (χ3v) is 5.00. The van der Waals surface area contributed by atoms with Gasteiger partial charge in [0, 0.05) is 6.08 Å². The van der Waals surface area contributed by atoms with Crippen LogP contribution in [0.4, 0.5) is 0 Å². The molecule has 2 N–H and O–H groups in total. The Hall–Kier alpha value is -2.60. The molecule has 0 aliphatic heterocycles. The van der Waals surface area contributed by atoms with E-state index in [4.69, 9.17) is 15.2 Å². The summed E-state index contributed by atoms with van der Waals surface area (Å²) in [7, 11) is 0. The predicted octanol–water partition coefficient (Wildman–Crippen LogP) is 4.66. The normalized spacial score (nSPS) is 11.7. The van der Waals surface area contributed by atoms with Crippen molar-refractivity contribution in [2.45, 2.75) is 26.7 Å². The van der Waals surface area contributed by atoms with E-state index in [2.05, 4.69) is 15.9 Å². The van der Waals surface area contributed by atoms with E-state index >= 15 is 0 Å². The number of hydrogen-bond acceptors (Lipinski definition) is 5. The molecule has 0 aliphatic rings. The summed E-state index contributed by atoms with van der Waals surface area (Å²) in [5, 5.41) is 0. The number of esters is 2. The zero-order chi connectivity index (χ0) is 19.9. The molecule has 2 aromatic carbocycles. The maximum atomic E-state index is 12.8. The third kappa shape index (κ3) is 4.98. The highest BCUT2D eigenvalue weighted by Gasteiger charge is 2.46. The van der Waals surface area contributed by atoms with Crippen LogP contribution >= 0.6 is 15.9 Å². The second-order valence-corrected chi connectivity index (χ2v) is 6.81. The van der Waals surface area contributed by atoms with Crippen molar-refractivity contribution in [2.75, 3.05) is 0 Å². The molecule has 6 heteroatoms. The standard InChI is InChI=1S/C21H22BrNO4/c1-3-21(4-2,19(24)26-17-13-9-8-12-16(17)22)20(25)27-18(23)14-15-10-6-5-7-11-15/h5-14H,3-4,23H2,1-2H3. The number of halogens is 1. The average Bonchev–Trinajstić information content (AvgIpc) is 2.66. The SMILES string of the molecule is CCC(CC)(C(=O)OC(N)=Cc1ccccc1)C(=O)Oc1ccccc1Br. The van der Waals surface area contributed by atoms with Crippen LogP contribution in [0.5, 0.6) is 5.75 Å². The number of para-hydroxylation sites is 1. The first-order valence-corrected chi connectivity index (χ1v) is 9.43. The molecule has 2 aromatic rings. The minimum absolute atomic E-state index is 0.0776. The van der Waals surface area contributed by atoms with Gasteiger partial charge in [-0.05, 0) is 46.5 Å². The van der Waals surface area contributed by atoms with Gasteiger partial charge in [0.15, 0.2) is 11.3 Å². The van der Waals surface area contributed by atoms with Gasteiger partial charge in [0.2, 0.25) is 0 Å².